The van der Waals surface area contributed by atoms with Gasteiger partial charge in [-0.2, -0.15) is 0 Å². The molecule has 2 aromatic carbocycles. The lowest BCUT2D eigenvalue weighted by Gasteiger charge is -2.22. The Morgan fingerprint density at radius 2 is 2.00 bits per heavy atom. The van der Waals surface area contributed by atoms with Crippen LogP contribution in [0.3, 0.4) is 0 Å². The van der Waals surface area contributed by atoms with Gasteiger partial charge in [-0.05, 0) is 36.8 Å². The summed E-state index contributed by atoms with van der Waals surface area (Å²) in [5.41, 5.74) is 0.455. The van der Waals surface area contributed by atoms with E-state index in [1.807, 2.05) is 6.92 Å². The van der Waals surface area contributed by atoms with Gasteiger partial charge in [-0.15, -0.1) is 0 Å². The van der Waals surface area contributed by atoms with Crippen molar-refractivity contribution < 1.29 is 14.5 Å². The fourth-order valence-corrected chi connectivity index (χ4v) is 3.42. The molecule has 0 aliphatic carbocycles. The van der Waals surface area contributed by atoms with Crippen LogP contribution in [-0.2, 0) is 4.79 Å². The van der Waals surface area contributed by atoms with E-state index in [1.165, 1.54) is 46.3 Å². The normalized spacial score (nSPS) is 10.6. The molecule has 0 atom stereocenters. The SMILES string of the molecule is CCCN(CC(=O)Nc1cc(Cl)ccc1Cl)C(=O)c1ccc(-n2ccnc2)c([N+](=O)[O-])c1. The van der Waals surface area contributed by atoms with Crippen LogP contribution in [0.2, 0.25) is 10.0 Å². The highest BCUT2D eigenvalue weighted by molar-refractivity contribution is 6.35. The summed E-state index contributed by atoms with van der Waals surface area (Å²) in [5, 5.41) is 14.9. The molecule has 1 aromatic heterocycles. The number of benzene rings is 2. The number of carbonyl (C=O) groups excluding carboxylic acids is 2. The van der Waals surface area contributed by atoms with Crippen LogP contribution in [-0.4, -0.2) is 44.3 Å². The first-order valence-electron chi connectivity index (χ1n) is 9.61. The first kappa shape index (κ1) is 23.2. The Morgan fingerprint density at radius 1 is 1.22 bits per heavy atom. The van der Waals surface area contributed by atoms with E-state index >= 15 is 0 Å². The molecule has 0 spiro atoms. The number of hydrogen-bond acceptors (Lipinski definition) is 5. The quantitative estimate of drug-likeness (QED) is 0.378. The number of carbonyl (C=O) groups is 2. The van der Waals surface area contributed by atoms with Crippen LogP contribution in [0.4, 0.5) is 11.4 Å². The zero-order chi connectivity index (χ0) is 23.3. The van der Waals surface area contributed by atoms with Gasteiger partial charge < -0.3 is 14.8 Å². The molecule has 0 unspecified atom stereocenters. The molecule has 166 valence electrons. The second-order valence-corrected chi connectivity index (χ2v) is 7.67. The molecule has 32 heavy (non-hydrogen) atoms. The van der Waals surface area contributed by atoms with Gasteiger partial charge >= 0.3 is 0 Å². The minimum atomic E-state index is -0.565. The van der Waals surface area contributed by atoms with Gasteiger partial charge in [0.05, 0.1) is 22.0 Å². The van der Waals surface area contributed by atoms with Crippen molar-refractivity contribution in [3.63, 3.8) is 0 Å². The van der Waals surface area contributed by atoms with Crippen molar-refractivity contribution in [3.05, 3.63) is 80.8 Å². The Balaban J connectivity index is 1.82. The number of nitrogens with zero attached hydrogens (tertiary/aromatic N) is 4. The smallest absolute Gasteiger partial charge is 0.294 e. The monoisotopic (exact) mass is 475 g/mol. The summed E-state index contributed by atoms with van der Waals surface area (Å²) >= 11 is 12.0. The lowest BCUT2D eigenvalue weighted by molar-refractivity contribution is -0.384. The zero-order valence-electron chi connectivity index (χ0n) is 17.0. The number of hydrogen-bond donors (Lipinski definition) is 1. The minimum Gasteiger partial charge on any atom is -0.329 e. The maximum absolute atomic E-state index is 13.1. The Morgan fingerprint density at radius 3 is 2.66 bits per heavy atom. The average Bonchev–Trinajstić information content (AvgIpc) is 3.30. The Kier molecular flexibility index (Phi) is 7.45. The van der Waals surface area contributed by atoms with E-state index in [4.69, 9.17) is 23.2 Å². The molecule has 1 N–H and O–H groups in total. The highest BCUT2D eigenvalue weighted by Crippen LogP contribution is 2.26. The standard InChI is InChI=1S/C21H19Cl2N5O4/c1-2-8-26(12-20(29)25-17-11-15(22)4-5-16(17)23)21(30)14-3-6-18(19(10-14)28(31)32)27-9-7-24-13-27/h3-7,9-11,13H,2,8,12H2,1H3,(H,25,29). The molecule has 0 aliphatic heterocycles. The first-order chi connectivity index (χ1) is 15.3. The van der Waals surface area contributed by atoms with Gasteiger partial charge in [0, 0.05) is 35.6 Å². The molecule has 11 heteroatoms. The molecule has 3 rings (SSSR count). The van der Waals surface area contributed by atoms with Crippen molar-refractivity contribution in [2.24, 2.45) is 0 Å². The van der Waals surface area contributed by atoms with Gasteiger partial charge in [-0.25, -0.2) is 4.98 Å². The molecular formula is C21H19Cl2N5O4. The molecule has 0 radical (unpaired) electrons. The van der Waals surface area contributed by atoms with Crippen molar-refractivity contribution in [2.45, 2.75) is 13.3 Å². The summed E-state index contributed by atoms with van der Waals surface area (Å²) in [6.45, 7) is 1.88. The predicted molar refractivity (Wildman–Crippen MR) is 122 cm³/mol. The van der Waals surface area contributed by atoms with E-state index in [-0.39, 0.29) is 30.0 Å². The molecule has 2 amide bonds. The number of rotatable bonds is 8. The van der Waals surface area contributed by atoms with E-state index in [0.717, 1.165) is 0 Å². The Bertz CT molecular complexity index is 1150. The van der Waals surface area contributed by atoms with Crippen LogP contribution in [0, 0.1) is 10.1 Å². The third-order valence-corrected chi connectivity index (χ3v) is 5.08. The van der Waals surface area contributed by atoms with E-state index in [1.54, 1.807) is 18.3 Å². The number of imidazole rings is 1. The second kappa shape index (κ2) is 10.3. The summed E-state index contributed by atoms with van der Waals surface area (Å²) < 4.78 is 1.48. The maximum atomic E-state index is 13.1. The van der Waals surface area contributed by atoms with Crippen LogP contribution < -0.4 is 5.32 Å². The molecule has 0 saturated carbocycles. The first-order valence-corrected chi connectivity index (χ1v) is 10.4. The van der Waals surface area contributed by atoms with Gasteiger partial charge in [-0.1, -0.05) is 30.1 Å². The second-order valence-electron chi connectivity index (χ2n) is 6.83. The summed E-state index contributed by atoms with van der Waals surface area (Å²) in [7, 11) is 0. The maximum Gasteiger partial charge on any atom is 0.294 e. The molecule has 1 heterocycles. The van der Waals surface area contributed by atoms with Crippen molar-refractivity contribution in [1.29, 1.82) is 0 Å². The molecule has 3 aromatic rings. The van der Waals surface area contributed by atoms with Crippen molar-refractivity contribution >= 4 is 46.4 Å². The molecular weight excluding hydrogens is 457 g/mol. The highest BCUT2D eigenvalue weighted by Gasteiger charge is 2.23. The zero-order valence-corrected chi connectivity index (χ0v) is 18.5. The molecule has 0 aliphatic rings. The minimum absolute atomic E-state index is 0.0996. The number of nitro benzene ring substituents is 1. The fraction of sp³-hybridized carbons (Fsp3) is 0.190. The molecule has 9 nitrogen and oxygen atoms in total. The van der Waals surface area contributed by atoms with E-state index in [0.29, 0.717) is 22.2 Å². The van der Waals surface area contributed by atoms with Crippen molar-refractivity contribution in [2.75, 3.05) is 18.4 Å². The summed E-state index contributed by atoms with van der Waals surface area (Å²) in [4.78, 5) is 41.9. The molecule has 0 saturated heterocycles. The summed E-state index contributed by atoms with van der Waals surface area (Å²) in [6.07, 6.45) is 5.08. The Labute approximate surface area is 193 Å². The van der Waals surface area contributed by atoms with Crippen LogP contribution in [0.1, 0.15) is 23.7 Å². The van der Waals surface area contributed by atoms with Crippen LogP contribution >= 0.6 is 23.2 Å². The van der Waals surface area contributed by atoms with Gasteiger partial charge in [0.1, 0.15) is 12.2 Å². The number of aromatic nitrogens is 2. The van der Waals surface area contributed by atoms with E-state index in [9.17, 15) is 19.7 Å². The summed E-state index contributed by atoms with van der Waals surface area (Å²) in [5.74, 6) is -0.972. The molecule has 0 fully saturated rings. The number of nitrogens with one attached hydrogen (secondary N) is 1. The van der Waals surface area contributed by atoms with Crippen molar-refractivity contribution in [1.82, 2.24) is 14.5 Å². The number of anilines is 1. The lowest BCUT2D eigenvalue weighted by Crippen LogP contribution is -2.38. The van der Waals surface area contributed by atoms with Crippen LogP contribution in [0.15, 0.2) is 55.1 Å². The third-order valence-electron chi connectivity index (χ3n) is 4.52. The number of nitro groups is 1. The van der Waals surface area contributed by atoms with Crippen molar-refractivity contribution in [3.8, 4) is 5.69 Å². The van der Waals surface area contributed by atoms with Gasteiger partial charge in [0.25, 0.3) is 11.6 Å². The highest BCUT2D eigenvalue weighted by atomic mass is 35.5. The van der Waals surface area contributed by atoms with Crippen LogP contribution in [0.5, 0.6) is 0 Å². The van der Waals surface area contributed by atoms with E-state index in [2.05, 4.69) is 10.3 Å². The third kappa shape index (κ3) is 5.43. The Hall–Kier alpha value is -3.43. The lowest BCUT2D eigenvalue weighted by atomic mass is 10.1. The van der Waals surface area contributed by atoms with Gasteiger partial charge in [0.15, 0.2) is 0 Å². The van der Waals surface area contributed by atoms with Crippen LogP contribution in [0.25, 0.3) is 5.69 Å². The average molecular weight is 476 g/mol. The van der Waals surface area contributed by atoms with E-state index < -0.39 is 16.7 Å². The van der Waals surface area contributed by atoms with Gasteiger partial charge in [-0.3, -0.25) is 19.7 Å². The largest absolute Gasteiger partial charge is 0.329 e. The topological polar surface area (TPSA) is 110 Å². The summed E-state index contributed by atoms with van der Waals surface area (Å²) in [6, 6.07) is 8.81. The van der Waals surface area contributed by atoms with Gasteiger partial charge in [0.2, 0.25) is 5.91 Å². The predicted octanol–water partition coefficient (Wildman–Crippen LogP) is 4.58. The fourth-order valence-electron chi connectivity index (χ4n) is 3.08. The number of amides is 2. The number of halogens is 2. The molecule has 0 bridgehead atoms.